The standard InChI is InChI=1S/C14H26N2O4/c1-5-19-12(17)9-11-10(15)7-6-8-16(11)13(18)20-14(2,3)4/h10-11H,5-9,15H2,1-4H3/t10-,11-/m0/s1. The molecule has 116 valence electrons. The summed E-state index contributed by atoms with van der Waals surface area (Å²) >= 11 is 0. The summed E-state index contributed by atoms with van der Waals surface area (Å²) in [4.78, 5) is 25.4. The molecule has 0 bridgehead atoms. The van der Waals surface area contributed by atoms with Gasteiger partial charge in [0.1, 0.15) is 5.60 Å². The first-order chi connectivity index (χ1) is 9.24. The van der Waals surface area contributed by atoms with Crippen LogP contribution in [0.5, 0.6) is 0 Å². The lowest BCUT2D eigenvalue weighted by atomic mass is 9.95. The third kappa shape index (κ3) is 5.00. The van der Waals surface area contributed by atoms with Crippen LogP contribution in [0.3, 0.4) is 0 Å². The summed E-state index contributed by atoms with van der Waals surface area (Å²) in [6.07, 6.45) is 1.32. The lowest BCUT2D eigenvalue weighted by molar-refractivity contribution is -0.144. The van der Waals surface area contributed by atoms with Gasteiger partial charge in [0.05, 0.1) is 19.1 Å². The highest BCUT2D eigenvalue weighted by atomic mass is 16.6. The van der Waals surface area contributed by atoms with Crippen molar-refractivity contribution in [3.8, 4) is 0 Å². The fourth-order valence-corrected chi connectivity index (χ4v) is 2.29. The number of ether oxygens (including phenoxy) is 2. The smallest absolute Gasteiger partial charge is 0.410 e. The van der Waals surface area contributed by atoms with Gasteiger partial charge in [-0.1, -0.05) is 0 Å². The first-order valence-corrected chi connectivity index (χ1v) is 7.15. The molecule has 2 atom stereocenters. The number of likely N-dealkylation sites (tertiary alicyclic amines) is 1. The average Bonchev–Trinajstić information content (AvgIpc) is 2.29. The van der Waals surface area contributed by atoms with Gasteiger partial charge in [0, 0.05) is 12.6 Å². The molecule has 6 heteroatoms. The predicted octanol–water partition coefficient (Wildman–Crippen LogP) is 1.67. The minimum Gasteiger partial charge on any atom is -0.466 e. The number of nitrogens with two attached hydrogens (primary N) is 1. The fraction of sp³-hybridized carbons (Fsp3) is 0.857. The van der Waals surface area contributed by atoms with Crippen LogP contribution in [-0.2, 0) is 14.3 Å². The van der Waals surface area contributed by atoms with Crippen molar-refractivity contribution in [3.05, 3.63) is 0 Å². The molecular weight excluding hydrogens is 260 g/mol. The highest BCUT2D eigenvalue weighted by molar-refractivity contribution is 5.73. The first-order valence-electron chi connectivity index (χ1n) is 7.15. The SMILES string of the molecule is CCOC(=O)C[C@H]1[C@@H](N)CCCN1C(=O)OC(C)(C)C. The zero-order valence-corrected chi connectivity index (χ0v) is 12.8. The van der Waals surface area contributed by atoms with Gasteiger partial charge in [-0.3, -0.25) is 4.79 Å². The summed E-state index contributed by atoms with van der Waals surface area (Å²) in [5.41, 5.74) is 5.50. The van der Waals surface area contributed by atoms with Gasteiger partial charge < -0.3 is 20.1 Å². The summed E-state index contributed by atoms with van der Waals surface area (Å²) in [6.45, 7) is 8.09. The zero-order valence-electron chi connectivity index (χ0n) is 12.8. The zero-order chi connectivity index (χ0) is 15.3. The quantitative estimate of drug-likeness (QED) is 0.798. The van der Waals surface area contributed by atoms with Crippen molar-refractivity contribution in [3.63, 3.8) is 0 Å². The molecule has 1 rings (SSSR count). The Morgan fingerprint density at radius 3 is 2.55 bits per heavy atom. The maximum absolute atomic E-state index is 12.2. The van der Waals surface area contributed by atoms with E-state index in [0.717, 1.165) is 12.8 Å². The van der Waals surface area contributed by atoms with Crippen LogP contribution >= 0.6 is 0 Å². The number of piperidine rings is 1. The highest BCUT2D eigenvalue weighted by Gasteiger charge is 2.36. The molecule has 0 aliphatic carbocycles. The maximum Gasteiger partial charge on any atom is 0.410 e. The molecule has 0 unspecified atom stereocenters. The molecule has 20 heavy (non-hydrogen) atoms. The van der Waals surface area contributed by atoms with E-state index >= 15 is 0 Å². The third-order valence-corrected chi connectivity index (χ3v) is 3.14. The van der Waals surface area contributed by atoms with E-state index in [4.69, 9.17) is 15.2 Å². The second kappa shape index (κ2) is 6.92. The highest BCUT2D eigenvalue weighted by Crippen LogP contribution is 2.22. The summed E-state index contributed by atoms with van der Waals surface area (Å²) in [5, 5.41) is 0. The second-order valence-corrected chi connectivity index (χ2v) is 6.06. The first kappa shape index (κ1) is 16.8. The van der Waals surface area contributed by atoms with E-state index in [0.29, 0.717) is 13.2 Å². The lowest BCUT2D eigenvalue weighted by Crippen LogP contribution is -2.56. The fourth-order valence-electron chi connectivity index (χ4n) is 2.29. The summed E-state index contributed by atoms with van der Waals surface area (Å²) < 4.78 is 10.3. The van der Waals surface area contributed by atoms with E-state index in [1.165, 1.54) is 0 Å². The van der Waals surface area contributed by atoms with E-state index in [2.05, 4.69) is 0 Å². The van der Waals surface area contributed by atoms with E-state index in [1.54, 1.807) is 11.8 Å². The van der Waals surface area contributed by atoms with Crippen molar-refractivity contribution < 1.29 is 19.1 Å². The molecule has 1 saturated heterocycles. The summed E-state index contributed by atoms with van der Waals surface area (Å²) in [6, 6.07) is -0.571. The monoisotopic (exact) mass is 286 g/mol. The Hall–Kier alpha value is -1.30. The molecular formula is C14H26N2O4. The molecule has 0 aromatic heterocycles. The maximum atomic E-state index is 12.2. The van der Waals surface area contributed by atoms with Crippen molar-refractivity contribution in [2.24, 2.45) is 5.73 Å². The Morgan fingerprint density at radius 2 is 2.00 bits per heavy atom. The van der Waals surface area contributed by atoms with E-state index in [9.17, 15) is 9.59 Å². The number of carbonyl (C=O) groups is 2. The molecule has 1 amide bonds. The number of rotatable bonds is 3. The number of hydrogen-bond acceptors (Lipinski definition) is 5. The molecule has 1 aliphatic heterocycles. The summed E-state index contributed by atoms with van der Waals surface area (Å²) in [7, 11) is 0. The van der Waals surface area contributed by atoms with Gasteiger partial charge in [0.2, 0.25) is 0 Å². The Labute approximate surface area is 120 Å². The van der Waals surface area contributed by atoms with Gasteiger partial charge in [0.15, 0.2) is 0 Å². The number of amides is 1. The van der Waals surface area contributed by atoms with Gasteiger partial charge in [-0.2, -0.15) is 0 Å². The molecule has 1 fully saturated rings. The third-order valence-electron chi connectivity index (χ3n) is 3.14. The van der Waals surface area contributed by atoms with Gasteiger partial charge in [-0.15, -0.1) is 0 Å². The van der Waals surface area contributed by atoms with E-state index < -0.39 is 11.7 Å². The van der Waals surface area contributed by atoms with Crippen molar-refractivity contribution in [2.75, 3.05) is 13.2 Å². The predicted molar refractivity (Wildman–Crippen MR) is 75.2 cm³/mol. The van der Waals surface area contributed by atoms with Gasteiger partial charge >= 0.3 is 12.1 Å². The van der Waals surface area contributed by atoms with Crippen LogP contribution in [0.25, 0.3) is 0 Å². The molecule has 1 heterocycles. The van der Waals surface area contributed by atoms with Gasteiger partial charge in [0.25, 0.3) is 0 Å². The van der Waals surface area contributed by atoms with Crippen molar-refractivity contribution in [1.29, 1.82) is 0 Å². The Bertz CT molecular complexity index is 352. The number of carbonyl (C=O) groups excluding carboxylic acids is 2. The second-order valence-electron chi connectivity index (χ2n) is 6.06. The van der Waals surface area contributed by atoms with Crippen molar-refractivity contribution >= 4 is 12.1 Å². The molecule has 6 nitrogen and oxygen atoms in total. The normalized spacial score (nSPS) is 23.4. The van der Waals surface area contributed by atoms with Crippen LogP contribution in [0, 0.1) is 0 Å². The lowest BCUT2D eigenvalue weighted by Gasteiger charge is -2.39. The van der Waals surface area contributed by atoms with Crippen LogP contribution in [-0.4, -0.2) is 47.8 Å². The number of esters is 1. The topological polar surface area (TPSA) is 81.9 Å². The molecule has 0 radical (unpaired) electrons. The number of nitrogens with zero attached hydrogens (tertiary/aromatic N) is 1. The van der Waals surface area contributed by atoms with Crippen LogP contribution in [0.4, 0.5) is 4.79 Å². The van der Waals surface area contributed by atoms with Crippen LogP contribution in [0.1, 0.15) is 47.0 Å². The molecule has 1 aliphatic rings. The minimum atomic E-state index is -0.562. The van der Waals surface area contributed by atoms with Crippen molar-refractivity contribution in [1.82, 2.24) is 4.90 Å². The molecule has 0 spiro atoms. The molecule has 2 N–H and O–H groups in total. The summed E-state index contributed by atoms with van der Waals surface area (Å²) in [5.74, 6) is -0.330. The van der Waals surface area contributed by atoms with Crippen LogP contribution < -0.4 is 5.73 Å². The average molecular weight is 286 g/mol. The van der Waals surface area contributed by atoms with E-state index in [-0.39, 0.29) is 24.5 Å². The van der Waals surface area contributed by atoms with Crippen LogP contribution in [0.2, 0.25) is 0 Å². The molecule has 0 aromatic rings. The Morgan fingerprint density at radius 1 is 1.35 bits per heavy atom. The Balaban J connectivity index is 2.74. The van der Waals surface area contributed by atoms with Gasteiger partial charge in [-0.05, 0) is 40.5 Å². The van der Waals surface area contributed by atoms with Crippen LogP contribution in [0.15, 0.2) is 0 Å². The minimum absolute atomic E-state index is 0.119. The van der Waals surface area contributed by atoms with Gasteiger partial charge in [-0.25, -0.2) is 4.79 Å². The molecule has 0 aromatic carbocycles. The van der Waals surface area contributed by atoms with Crippen molar-refractivity contribution in [2.45, 2.75) is 64.6 Å². The molecule has 0 saturated carbocycles. The Kier molecular flexibility index (Phi) is 5.80. The largest absolute Gasteiger partial charge is 0.466 e. The number of hydrogen-bond donors (Lipinski definition) is 1. The van der Waals surface area contributed by atoms with E-state index in [1.807, 2.05) is 20.8 Å².